The highest BCUT2D eigenvalue weighted by Gasteiger charge is 2.39. The normalized spacial score (nSPS) is 28.1. The largest absolute Gasteiger partial charge is 0.368 e. The molecule has 60 heavy (non-hydrogen) atoms. The fourth-order valence-electron chi connectivity index (χ4n) is 11.0. The van der Waals surface area contributed by atoms with E-state index in [0.717, 1.165) is 0 Å². The Morgan fingerprint density at radius 3 is 0.800 bits per heavy atom. The molecule has 0 saturated carbocycles. The molecule has 356 valence electrons. The number of hydrogen-bond acceptors (Lipinski definition) is 1. The minimum atomic E-state index is 0.0329. The summed E-state index contributed by atoms with van der Waals surface area (Å²) in [5.74, 6) is 0. The summed E-state index contributed by atoms with van der Waals surface area (Å²) in [6.07, 6.45) is 75.5. The number of rotatable bonds is 0. The molecule has 2 unspecified atom stereocenters. The van der Waals surface area contributed by atoms with Crippen molar-refractivity contribution in [3.63, 3.8) is 0 Å². The zero-order valence-electron chi connectivity index (χ0n) is 42.4. The average molecular weight is 840 g/mol. The smallest absolute Gasteiger partial charge is 0.0893 e. The van der Waals surface area contributed by atoms with Crippen LogP contribution in [0.5, 0.6) is 0 Å². The van der Waals surface area contributed by atoms with Gasteiger partial charge in [-0.05, 0) is 63.4 Å². The topological polar surface area (TPSA) is 9.23 Å². The van der Waals surface area contributed by atoms with Crippen molar-refractivity contribution >= 4 is 0 Å². The highest BCUT2D eigenvalue weighted by Crippen LogP contribution is 2.41. The van der Waals surface area contributed by atoms with Gasteiger partial charge in [-0.25, -0.2) is 0 Å². The highest BCUT2D eigenvalue weighted by molar-refractivity contribution is 5.17. The van der Waals surface area contributed by atoms with E-state index in [9.17, 15) is 0 Å². The molecule has 0 amide bonds. The second-order valence-electron chi connectivity index (χ2n) is 22.1. The summed E-state index contributed by atoms with van der Waals surface area (Å²) in [4.78, 5) is 0. The van der Waals surface area contributed by atoms with Gasteiger partial charge in [-0.15, -0.1) is 0 Å². The second-order valence-corrected chi connectivity index (χ2v) is 22.1. The maximum absolute atomic E-state index is 6.75. The lowest BCUT2D eigenvalue weighted by molar-refractivity contribution is -0.0147. The Hall–Kier alpha value is -0.300. The summed E-state index contributed by atoms with van der Waals surface area (Å²) < 4.78 is 6.75. The maximum Gasteiger partial charge on any atom is 0.0893 e. The van der Waals surface area contributed by atoms with E-state index in [4.69, 9.17) is 4.74 Å². The lowest BCUT2D eigenvalue weighted by atomic mass is 9.81. The van der Waals surface area contributed by atoms with Crippen LogP contribution in [0.1, 0.15) is 349 Å². The summed E-state index contributed by atoms with van der Waals surface area (Å²) >= 11 is 0. The number of ether oxygens (including phenoxy) is 1. The molecule has 1 spiro atoms. The molecule has 0 aromatic heterocycles. The lowest BCUT2D eigenvalue weighted by Gasteiger charge is -2.31. The Morgan fingerprint density at radius 1 is 0.333 bits per heavy atom. The van der Waals surface area contributed by atoms with Crippen LogP contribution in [0.25, 0.3) is 0 Å². The van der Waals surface area contributed by atoms with Gasteiger partial charge in [0, 0.05) is 0 Å². The van der Waals surface area contributed by atoms with E-state index in [-0.39, 0.29) is 5.60 Å². The van der Waals surface area contributed by atoms with Crippen LogP contribution in [0.4, 0.5) is 0 Å². The van der Waals surface area contributed by atoms with Crippen LogP contribution in [0.3, 0.4) is 0 Å². The molecule has 0 aromatic rings. The van der Waals surface area contributed by atoms with Crippen LogP contribution >= 0.6 is 0 Å². The predicted octanol–water partition coefficient (Wildman–Crippen LogP) is 21.6. The third-order valence-corrected chi connectivity index (χ3v) is 15.6. The van der Waals surface area contributed by atoms with Crippen molar-refractivity contribution in [2.24, 2.45) is 5.41 Å². The van der Waals surface area contributed by atoms with E-state index >= 15 is 0 Å². The van der Waals surface area contributed by atoms with Crippen LogP contribution in [-0.2, 0) is 4.74 Å². The van der Waals surface area contributed by atoms with Crippen molar-refractivity contribution in [1.82, 2.24) is 0 Å². The Morgan fingerprint density at radius 2 is 0.567 bits per heavy atom. The summed E-state index contributed by atoms with van der Waals surface area (Å²) in [6, 6.07) is 0. The molecular weight excluding hydrogens is 725 g/mol. The molecule has 2 rings (SSSR count). The van der Waals surface area contributed by atoms with Gasteiger partial charge in [0.05, 0.1) is 11.7 Å². The van der Waals surface area contributed by atoms with E-state index in [1.165, 1.54) is 321 Å². The summed E-state index contributed by atoms with van der Waals surface area (Å²) in [5, 5.41) is 0. The Kier molecular flexibility index (Phi) is 37.4. The lowest BCUT2D eigenvalue weighted by Crippen LogP contribution is -2.30. The monoisotopic (exact) mass is 839 g/mol. The summed E-state index contributed by atoms with van der Waals surface area (Å²) in [7, 11) is 0. The summed E-state index contributed by atoms with van der Waals surface area (Å²) in [6.45, 7) is 9.76. The molecule has 0 N–H and O–H groups in total. The molecule has 1 fully saturated rings. The van der Waals surface area contributed by atoms with Crippen molar-refractivity contribution in [3.8, 4) is 0 Å². The minimum Gasteiger partial charge on any atom is -0.368 e. The van der Waals surface area contributed by atoms with E-state index in [0.29, 0.717) is 11.5 Å². The highest BCUT2D eigenvalue weighted by atomic mass is 16.5. The number of hydrogen-bond donors (Lipinski definition) is 0. The fourth-order valence-corrected chi connectivity index (χ4v) is 11.0. The number of allylic oxidation sites excluding steroid dienone is 1. The first-order chi connectivity index (χ1) is 29.4. The van der Waals surface area contributed by atoms with Crippen LogP contribution in [0, 0.1) is 5.41 Å². The Labute approximate surface area is 380 Å². The molecule has 1 heteroatoms. The molecule has 2 atom stereocenters. The van der Waals surface area contributed by atoms with Gasteiger partial charge in [0.1, 0.15) is 0 Å². The van der Waals surface area contributed by atoms with E-state index in [1.54, 1.807) is 5.57 Å². The first kappa shape index (κ1) is 55.8. The van der Waals surface area contributed by atoms with Crippen LogP contribution in [0.2, 0.25) is 0 Å². The van der Waals surface area contributed by atoms with E-state index in [2.05, 4.69) is 33.8 Å². The van der Waals surface area contributed by atoms with Gasteiger partial charge in [-0.2, -0.15) is 0 Å². The third kappa shape index (κ3) is 33.2. The van der Waals surface area contributed by atoms with Crippen molar-refractivity contribution in [2.45, 2.75) is 360 Å². The van der Waals surface area contributed by atoms with Crippen LogP contribution < -0.4 is 0 Å². The SMILES string of the molecule is CC1=CCCC(C)(C)CCCCCCCCCCCCCCCCCCCCCCCCCCCCCCCCCCCCCCCCCCCCCCC12CCC(C)O2. The quantitative estimate of drug-likeness (QED) is 0.221. The van der Waals surface area contributed by atoms with Crippen molar-refractivity contribution in [1.29, 1.82) is 0 Å². The second kappa shape index (κ2) is 40.2. The molecular formula is C59H114O. The van der Waals surface area contributed by atoms with Gasteiger partial charge in [-0.1, -0.05) is 302 Å². The molecule has 1 nitrogen and oxygen atoms in total. The van der Waals surface area contributed by atoms with Crippen molar-refractivity contribution in [3.05, 3.63) is 11.6 Å². The molecule has 0 aromatic carbocycles. The molecule has 1 heterocycles. The third-order valence-electron chi connectivity index (χ3n) is 15.6. The molecule has 0 radical (unpaired) electrons. The molecule has 0 bridgehead atoms. The molecule has 1 aliphatic heterocycles. The van der Waals surface area contributed by atoms with Gasteiger partial charge in [0.25, 0.3) is 0 Å². The fraction of sp³-hybridized carbons (Fsp3) is 0.966. The van der Waals surface area contributed by atoms with Gasteiger partial charge < -0.3 is 4.74 Å². The van der Waals surface area contributed by atoms with Gasteiger partial charge >= 0.3 is 0 Å². The summed E-state index contributed by atoms with van der Waals surface area (Å²) in [5.41, 5.74) is 2.03. The van der Waals surface area contributed by atoms with E-state index < -0.39 is 0 Å². The molecule has 1 saturated heterocycles. The predicted molar refractivity (Wildman–Crippen MR) is 272 cm³/mol. The van der Waals surface area contributed by atoms with Crippen LogP contribution in [0.15, 0.2) is 11.6 Å². The minimum absolute atomic E-state index is 0.0329. The van der Waals surface area contributed by atoms with Crippen LogP contribution in [-0.4, -0.2) is 11.7 Å². The Balaban J connectivity index is 1.60. The first-order valence-electron chi connectivity index (χ1n) is 28.8. The zero-order valence-corrected chi connectivity index (χ0v) is 42.4. The average Bonchev–Trinajstić information content (AvgIpc) is 3.62. The van der Waals surface area contributed by atoms with E-state index in [1.807, 2.05) is 0 Å². The molecule has 2 aliphatic rings. The van der Waals surface area contributed by atoms with Gasteiger partial charge in [0.2, 0.25) is 0 Å². The first-order valence-corrected chi connectivity index (χ1v) is 28.8. The zero-order chi connectivity index (χ0) is 42.9. The maximum atomic E-state index is 6.75. The van der Waals surface area contributed by atoms with Crippen molar-refractivity contribution in [2.75, 3.05) is 0 Å². The Bertz CT molecular complexity index is 916. The van der Waals surface area contributed by atoms with Gasteiger partial charge in [-0.3, -0.25) is 0 Å². The van der Waals surface area contributed by atoms with Gasteiger partial charge in [0.15, 0.2) is 0 Å². The molecule has 1 aliphatic carbocycles. The van der Waals surface area contributed by atoms with Crippen molar-refractivity contribution < 1.29 is 4.74 Å². The standard InChI is InChI=1S/C59H114O/c1-56-50-49-53-58(3,4)52-47-45-43-41-39-37-35-33-31-29-27-25-23-21-19-17-15-13-11-9-7-5-6-8-10-12-14-16-18-20-22-24-26-28-30-32-34-36-38-40-42-44-46-48-54-59(56)55-51-57(2)60-59/h50,57H,5-49,51-55H2,1-4H3.